The number of rotatable bonds is 14. The predicted octanol–water partition coefficient (Wildman–Crippen LogP) is 1.84. The molecule has 0 bridgehead atoms. The van der Waals surface area contributed by atoms with Crippen molar-refractivity contribution in [3.05, 3.63) is 40.5 Å². The summed E-state index contributed by atoms with van der Waals surface area (Å²) in [6, 6.07) is 4.48. The zero-order valence-corrected chi connectivity index (χ0v) is 25.2. The fraction of sp³-hybridized carbons (Fsp3) is 0.630. The van der Waals surface area contributed by atoms with Gasteiger partial charge in [-0.05, 0) is 38.5 Å². The summed E-state index contributed by atoms with van der Waals surface area (Å²) in [6.45, 7) is 5.31. The van der Waals surface area contributed by atoms with Crippen molar-refractivity contribution in [2.24, 2.45) is 0 Å². The number of hydrogen-bond donors (Lipinski definition) is 0. The largest absolute Gasteiger partial charge is 1.00 e. The number of esters is 1. The fourth-order valence-corrected chi connectivity index (χ4v) is 6.21. The van der Waals surface area contributed by atoms with E-state index in [0.29, 0.717) is 6.61 Å². The summed E-state index contributed by atoms with van der Waals surface area (Å²) in [6.07, 6.45) is 11.9. The van der Waals surface area contributed by atoms with Crippen molar-refractivity contribution in [3.63, 3.8) is 0 Å². The summed E-state index contributed by atoms with van der Waals surface area (Å²) in [5.74, 6) is -2.24. The monoisotopic (exact) mass is 530 g/mol. The number of Topliss-reactive ketones (excluding diaryl/α,β-unsaturated/α-hetero) is 1. The molecule has 0 saturated carbocycles. The Morgan fingerprint density at radius 3 is 2.08 bits per heavy atom. The molecule has 7 nitrogen and oxygen atoms in total. The molecular formula is C27H39NaO7S. The van der Waals surface area contributed by atoms with Crippen LogP contribution in [-0.2, 0) is 19.4 Å². The summed E-state index contributed by atoms with van der Waals surface area (Å²) >= 11 is 0. The Kier molecular flexibility index (Phi) is 13.8. The second kappa shape index (κ2) is 15.2. The molecular weight excluding hydrogens is 491 g/mol. The van der Waals surface area contributed by atoms with Gasteiger partial charge in [-0.1, -0.05) is 64.7 Å². The number of benzene rings is 1. The van der Waals surface area contributed by atoms with Crippen molar-refractivity contribution < 1.29 is 62.1 Å². The maximum atomic E-state index is 12.9. The molecule has 1 unspecified atom stereocenters. The van der Waals surface area contributed by atoms with Crippen LogP contribution in [0.3, 0.4) is 0 Å². The van der Waals surface area contributed by atoms with Gasteiger partial charge in [0.15, 0.2) is 15.6 Å². The standard InChI is InChI=1S/C27H40O7S.Na/c1-5-6-7-8-9-10-11-12-13-14-17-34-26(30)20-15-16-22(33-4)21(18-20)24-25(29)23(19-28)35(31,32)27(24,2)3;/h15-16,18-19,24,28H,5-14,17H2,1-4H3;/q;+1/p-1/b23-19+;. The first-order chi connectivity index (χ1) is 16.6. The molecule has 0 spiro atoms. The van der Waals surface area contributed by atoms with E-state index < -0.39 is 37.2 Å². The second-order valence-corrected chi connectivity index (χ2v) is 12.2. The number of methoxy groups -OCH3 is 1. The van der Waals surface area contributed by atoms with Crippen molar-refractivity contribution in [2.45, 2.75) is 95.6 Å². The first-order valence-electron chi connectivity index (χ1n) is 12.6. The van der Waals surface area contributed by atoms with Crippen LogP contribution in [-0.4, -0.2) is 38.6 Å². The van der Waals surface area contributed by atoms with Gasteiger partial charge in [-0.3, -0.25) is 4.79 Å². The van der Waals surface area contributed by atoms with Gasteiger partial charge < -0.3 is 14.6 Å². The van der Waals surface area contributed by atoms with E-state index in [9.17, 15) is 23.1 Å². The third kappa shape index (κ3) is 7.59. The molecule has 0 amide bonds. The average Bonchev–Trinajstić information content (AvgIpc) is 2.95. The van der Waals surface area contributed by atoms with Crippen LogP contribution >= 0.6 is 0 Å². The molecule has 1 aliphatic heterocycles. The Labute approximate surface area is 238 Å². The molecule has 9 heteroatoms. The van der Waals surface area contributed by atoms with Crippen LogP contribution < -0.4 is 39.4 Å². The van der Waals surface area contributed by atoms with Gasteiger partial charge in [0.05, 0.1) is 34.9 Å². The van der Waals surface area contributed by atoms with Crippen molar-refractivity contribution in [1.29, 1.82) is 0 Å². The zero-order valence-electron chi connectivity index (χ0n) is 22.4. The quantitative estimate of drug-likeness (QED) is 0.119. The minimum atomic E-state index is -4.13. The van der Waals surface area contributed by atoms with E-state index in [-0.39, 0.29) is 52.7 Å². The Morgan fingerprint density at radius 1 is 1.03 bits per heavy atom. The molecule has 196 valence electrons. The van der Waals surface area contributed by atoms with Crippen LogP contribution in [0.5, 0.6) is 5.75 Å². The van der Waals surface area contributed by atoms with E-state index in [4.69, 9.17) is 9.47 Å². The van der Waals surface area contributed by atoms with Crippen LogP contribution in [0.25, 0.3) is 0 Å². The third-order valence-electron chi connectivity index (χ3n) is 6.80. The van der Waals surface area contributed by atoms with E-state index in [1.165, 1.54) is 84.1 Å². The van der Waals surface area contributed by atoms with Crippen molar-refractivity contribution in [1.82, 2.24) is 0 Å². The van der Waals surface area contributed by atoms with Crippen LogP contribution in [0.4, 0.5) is 0 Å². The second-order valence-electron chi connectivity index (χ2n) is 9.66. The van der Waals surface area contributed by atoms with Crippen LogP contribution in [0, 0.1) is 0 Å². The van der Waals surface area contributed by atoms with Gasteiger partial charge in [0.2, 0.25) is 0 Å². The molecule has 36 heavy (non-hydrogen) atoms. The molecule has 1 aliphatic rings. The van der Waals surface area contributed by atoms with E-state index in [0.717, 1.165) is 19.3 Å². The number of allylic oxidation sites excluding steroid dienone is 1. The van der Waals surface area contributed by atoms with Gasteiger partial charge in [-0.2, -0.15) is 0 Å². The summed E-state index contributed by atoms with van der Waals surface area (Å²) in [4.78, 5) is 24.8. The van der Waals surface area contributed by atoms with Gasteiger partial charge >= 0.3 is 35.5 Å². The number of ether oxygens (including phenoxy) is 2. The van der Waals surface area contributed by atoms with Crippen LogP contribution in [0.1, 0.15) is 107 Å². The summed E-state index contributed by atoms with van der Waals surface area (Å²) in [5, 5.41) is 11.4. The van der Waals surface area contributed by atoms with Gasteiger partial charge in [0, 0.05) is 5.56 Å². The molecule has 0 N–H and O–H groups in total. The van der Waals surface area contributed by atoms with Gasteiger partial charge in [0.25, 0.3) is 0 Å². The number of carbonyl (C=O) groups is 2. The number of carbonyl (C=O) groups excluding carboxylic acids is 2. The summed E-state index contributed by atoms with van der Waals surface area (Å²) < 4.78 is 34.7. The number of hydrogen-bond acceptors (Lipinski definition) is 7. The molecule has 1 fully saturated rings. The summed E-state index contributed by atoms with van der Waals surface area (Å²) in [5.41, 5.74) is 0.449. The Hall–Kier alpha value is -1.35. The number of ketones is 1. The maximum Gasteiger partial charge on any atom is 1.00 e. The molecule has 1 aromatic carbocycles. The molecule has 1 aromatic rings. The molecule has 2 rings (SSSR count). The van der Waals surface area contributed by atoms with Gasteiger partial charge in [-0.15, -0.1) is 6.26 Å². The van der Waals surface area contributed by atoms with Crippen LogP contribution in [0.15, 0.2) is 29.4 Å². The van der Waals surface area contributed by atoms with Gasteiger partial charge in [-0.25, -0.2) is 13.2 Å². The van der Waals surface area contributed by atoms with Crippen molar-refractivity contribution >= 4 is 21.6 Å². The summed E-state index contributed by atoms with van der Waals surface area (Å²) in [7, 11) is -2.73. The molecule has 0 aliphatic carbocycles. The Bertz CT molecular complexity index is 1010. The third-order valence-corrected chi connectivity index (χ3v) is 9.29. The smallest absolute Gasteiger partial charge is 0.877 e. The van der Waals surface area contributed by atoms with E-state index in [1.54, 1.807) is 0 Å². The minimum Gasteiger partial charge on any atom is -0.877 e. The fourth-order valence-electron chi connectivity index (χ4n) is 4.59. The zero-order chi connectivity index (χ0) is 26.1. The minimum absolute atomic E-state index is 0. The van der Waals surface area contributed by atoms with E-state index in [2.05, 4.69) is 6.92 Å². The predicted molar refractivity (Wildman–Crippen MR) is 134 cm³/mol. The molecule has 1 heterocycles. The molecule has 1 saturated heterocycles. The number of unbranched alkanes of at least 4 members (excludes halogenated alkanes) is 9. The van der Waals surface area contributed by atoms with E-state index >= 15 is 0 Å². The first-order valence-corrected chi connectivity index (χ1v) is 14.1. The SMILES string of the molecule is CCCCCCCCCCCCOC(=O)c1ccc(OC)c(C2C(=O)/C(=C\[O-])S(=O)(=O)C2(C)C)c1.[Na+]. The maximum absolute atomic E-state index is 12.9. The van der Waals surface area contributed by atoms with Gasteiger partial charge in [0.1, 0.15) is 5.75 Å². The molecule has 0 aromatic heterocycles. The Morgan fingerprint density at radius 2 is 1.58 bits per heavy atom. The average molecular weight is 531 g/mol. The first kappa shape index (κ1) is 32.7. The normalized spacial score (nSPS) is 19.2. The van der Waals surface area contributed by atoms with Crippen molar-refractivity contribution in [3.8, 4) is 5.75 Å². The van der Waals surface area contributed by atoms with Crippen LogP contribution in [0.2, 0.25) is 0 Å². The van der Waals surface area contributed by atoms with Crippen molar-refractivity contribution in [2.75, 3.05) is 13.7 Å². The van der Waals surface area contributed by atoms with E-state index in [1.807, 2.05) is 0 Å². The Balaban J connectivity index is 0.00000648. The molecule has 0 radical (unpaired) electrons. The molecule has 1 atom stereocenters. The number of sulfone groups is 1. The topological polar surface area (TPSA) is 110 Å².